The van der Waals surface area contributed by atoms with E-state index < -0.39 is 68.1 Å². The molecular weight excluding hydrogens is 1490 g/mol. The van der Waals surface area contributed by atoms with Crippen LogP contribution in [0.5, 0.6) is 0 Å². The van der Waals surface area contributed by atoms with Gasteiger partial charge in [-0.1, -0.05) is 311 Å². The van der Waals surface area contributed by atoms with Crippen LogP contribution in [0, 0.1) is 60.6 Å². The monoisotopic (exact) mass is 1620 g/mol. The predicted octanol–water partition coefficient (Wildman–Crippen LogP) is 35.9. The van der Waals surface area contributed by atoms with Crippen LogP contribution in [-0.2, 0) is 25.7 Å². The number of rotatable bonds is 55. The summed E-state index contributed by atoms with van der Waals surface area (Å²) in [5, 5.41) is 7.28. The van der Waals surface area contributed by atoms with E-state index in [9.17, 15) is 0 Å². The molecule has 0 saturated carbocycles. The van der Waals surface area contributed by atoms with Gasteiger partial charge in [0.25, 0.3) is 0 Å². The topological polar surface area (TPSA) is 25.8 Å². The third-order valence-electron chi connectivity index (χ3n) is 23.4. The molecule has 10 rings (SSSR count). The lowest BCUT2D eigenvalue weighted by Crippen LogP contribution is -2.05. The van der Waals surface area contributed by atoms with Gasteiger partial charge in [-0.3, -0.25) is 0 Å². The van der Waals surface area contributed by atoms with Crippen LogP contribution >= 0.6 is 68.0 Å². The average molecular weight is 1620 g/mol. The number of aryl methyl sites for hydroxylation is 4. The zero-order chi connectivity index (χ0) is 77.7. The number of hydrogen-bond donors (Lipinski definition) is 0. The molecule has 0 spiro atoms. The molecule has 0 N–H and O–H groups in total. The first-order valence-corrected chi connectivity index (χ1v) is 49.0. The first-order chi connectivity index (χ1) is 53.7. The van der Waals surface area contributed by atoms with E-state index in [-0.39, 0.29) is 9.75 Å². The van der Waals surface area contributed by atoms with Crippen LogP contribution < -0.4 is 0 Å². The van der Waals surface area contributed by atoms with Crippen LogP contribution in [0.2, 0.25) is 0 Å². The summed E-state index contributed by atoms with van der Waals surface area (Å²) in [6.07, 6.45) is 57.5. The summed E-state index contributed by atoms with van der Waals surface area (Å²) in [5.74, 6) is -7.27. The molecule has 10 aromatic rings. The Hall–Kier alpha value is -4.44. The maximum atomic E-state index is 17.9. The van der Waals surface area contributed by atoms with E-state index in [4.69, 9.17) is 0 Å². The smallest absolute Gasteiger partial charge is 0.187 e. The molecule has 602 valence electrons. The summed E-state index contributed by atoms with van der Waals surface area (Å²) >= 11 is 9.73. The van der Waals surface area contributed by atoms with Crippen molar-refractivity contribution in [2.45, 2.75) is 364 Å². The Bertz CT molecular complexity index is 4300. The molecule has 0 bridgehead atoms. The molecule has 14 heteroatoms. The average Bonchev–Trinajstić information content (AvgIpc) is 1.62. The highest BCUT2D eigenvalue weighted by atomic mass is 32.1. The summed E-state index contributed by atoms with van der Waals surface area (Å²) in [6, 6.07) is 13.3. The minimum absolute atomic E-state index is 0.158. The maximum absolute atomic E-state index is 17.9. The van der Waals surface area contributed by atoms with Gasteiger partial charge in [-0.15, -0.1) is 68.0 Å². The van der Waals surface area contributed by atoms with Gasteiger partial charge in [0.1, 0.15) is 22.1 Å². The van der Waals surface area contributed by atoms with Gasteiger partial charge in [-0.2, -0.15) is 0 Å². The van der Waals surface area contributed by atoms with Crippen molar-refractivity contribution < 1.29 is 26.3 Å². The van der Waals surface area contributed by atoms with Gasteiger partial charge >= 0.3 is 0 Å². The molecule has 2 atom stereocenters. The van der Waals surface area contributed by atoms with E-state index in [0.717, 1.165) is 100 Å². The van der Waals surface area contributed by atoms with Gasteiger partial charge in [0.15, 0.2) is 34.9 Å². The molecule has 2 nitrogen and oxygen atoms in total. The van der Waals surface area contributed by atoms with E-state index >= 15 is 26.3 Å². The zero-order valence-electron chi connectivity index (χ0n) is 68.3. The number of unbranched alkanes of at least 4 members (excludes halogenated alkanes) is 34. The van der Waals surface area contributed by atoms with Crippen LogP contribution in [0.1, 0.15) is 356 Å². The molecule has 0 aliphatic carbocycles. The molecule has 7 heterocycles. The van der Waals surface area contributed by atoms with Crippen molar-refractivity contribution >= 4 is 110 Å². The Morgan fingerprint density at radius 1 is 0.300 bits per heavy atom. The summed E-state index contributed by atoms with van der Waals surface area (Å²) < 4.78 is 106. The molecule has 7 aromatic heterocycles. The largest absolute Gasteiger partial charge is 0.238 e. The number of aromatic nitrogens is 2. The van der Waals surface area contributed by atoms with Crippen LogP contribution in [0.25, 0.3) is 93.8 Å². The Kier molecular flexibility index (Phi) is 37.0. The lowest BCUT2D eigenvalue weighted by atomic mass is 9.89. The molecule has 0 radical (unpaired) electrons. The first-order valence-electron chi connectivity index (χ1n) is 43.9. The fourth-order valence-corrected chi connectivity index (χ4v) is 23.9. The molecule has 0 aliphatic heterocycles. The van der Waals surface area contributed by atoms with Gasteiger partial charge in [0, 0.05) is 70.3 Å². The number of thiophene rings is 6. The Balaban J connectivity index is 1.05. The summed E-state index contributed by atoms with van der Waals surface area (Å²) in [7, 11) is 0. The second kappa shape index (κ2) is 46.3. The van der Waals surface area contributed by atoms with Gasteiger partial charge in [-0.05, 0) is 134 Å². The Labute approximate surface area is 682 Å². The van der Waals surface area contributed by atoms with E-state index in [2.05, 4.69) is 93.5 Å². The molecule has 3 aromatic carbocycles. The van der Waals surface area contributed by atoms with Crippen molar-refractivity contribution in [2.75, 3.05) is 0 Å². The Morgan fingerprint density at radius 3 is 1.05 bits per heavy atom. The van der Waals surface area contributed by atoms with E-state index in [1.54, 1.807) is 17.4 Å². The normalized spacial score (nSPS) is 12.7. The number of hydrogen-bond acceptors (Lipinski definition) is 8. The highest BCUT2D eigenvalue weighted by molar-refractivity contribution is 7.28. The molecule has 0 amide bonds. The SMILES string of the molecule is CCCCCCCCCCCCc1cc(-c2c(F)c(F)c3nc4c(F)c(-c5cc(CCCCCCCCCCCC)c(-c6cc7c(-c8cc(CC(CCCCCC)CCCCCCCC)cs8)c8sc(C)cc8c(-c8cc(CC(CCCCCC)CCCCCCCC)cs8)c7s6)s5)c(F)c(F)c4nc3c2F)sc1C. The number of nitrogens with zero attached hydrogens (tertiary/aromatic N) is 2. The lowest BCUT2D eigenvalue weighted by Gasteiger charge is -2.16. The van der Waals surface area contributed by atoms with Crippen molar-refractivity contribution in [3.8, 4) is 51.5 Å². The molecule has 0 fully saturated rings. The molecule has 2 unspecified atom stereocenters. The van der Waals surface area contributed by atoms with E-state index in [1.165, 1.54) is 301 Å². The Morgan fingerprint density at radius 2 is 0.636 bits per heavy atom. The van der Waals surface area contributed by atoms with Gasteiger partial charge < -0.3 is 0 Å². The van der Waals surface area contributed by atoms with Crippen LogP contribution in [0.3, 0.4) is 0 Å². The van der Waals surface area contributed by atoms with Crippen LogP contribution in [-0.4, -0.2) is 9.97 Å². The number of fused-ring (bicyclic) bond motifs is 4. The standard InChI is InChI=1S/C96H130F6N2S6/c1-9-15-21-27-31-33-35-37-41-47-53-71-60-77(108-66(71)8)82-84(97)88(101)92-90(86(82)99)103-93-89(102)85(98)83(87(100)91(93)104-92)78-61-72(54-48-42-38-36-34-32-28-22-16-10-2)94(109-78)79-62-74-81(76-59-70(64-106-76)57-68(50-44-26-20-14-6)52-46-40-30-24-18-12-4)95-73(55-65(7)107-95)80(96(74)110-79)75-58-69(63-105-75)56-67(49-43-25-19-13-5)51-45-39-29-23-17-11-3/h55,58-64,67-68H,9-54,56-57H2,1-8H3. The van der Waals surface area contributed by atoms with Gasteiger partial charge in [0.2, 0.25) is 0 Å². The molecular formula is C96H130F6N2S6. The quantitative estimate of drug-likeness (QED) is 0.0164. The van der Waals surface area contributed by atoms with Gasteiger partial charge in [0.05, 0.1) is 11.1 Å². The van der Waals surface area contributed by atoms with Crippen molar-refractivity contribution in [3.63, 3.8) is 0 Å². The second-order valence-corrected chi connectivity index (χ2v) is 39.0. The third kappa shape index (κ3) is 23.9. The van der Waals surface area contributed by atoms with Crippen molar-refractivity contribution in [2.24, 2.45) is 11.8 Å². The zero-order valence-corrected chi connectivity index (χ0v) is 73.2. The number of benzene rings is 3. The lowest BCUT2D eigenvalue weighted by molar-refractivity contribution is 0.402. The second-order valence-electron chi connectivity index (χ2n) is 32.6. The van der Waals surface area contributed by atoms with Crippen LogP contribution in [0.4, 0.5) is 26.3 Å². The highest BCUT2D eigenvalue weighted by Gasteiger charge is 2.32. The van der Waals surface area contributed by atoms with Crippen molar-refractivity contribution in [3.05, 3.63) is 114 Å². The fraction of sp³-hybridized carbons (Fsp3) is 0.604. The summed E-state index contributed by atoms with van der Waals surface area (Å²) in [4.78, 5) is 15.2. The third-order valence-corrected chi connectivity index (χ3v) is 30.1. The highest BCUT2D eigenvalue weighted by Crippen LogP contribution is 2.55. The number of halogens is 6. The van der Waals surface area contributed by atoms with Crippen molar-refractivity contribution in [1.82, 2.24) is 9.97 Å². The minimum Gasteiger partial charge on any atom is -0.238 e. The van der Waals surface area contributed by atoms with Crippen molar-refractivity contribution in [1.29, 1.82) is 0 Å². The first kappa shape index (κ1) is 87.9. The maximum Gasteiger partial charge on any atom is 0.187 e. The fourth-order valence-electron chi connectivity index (χ4n) is 17.0. The summed E-state index contributed by atoms with van der Waals surface area (Å²) in [6.45, 7) is 17.8. The molecule has 110 heavy (non-hydrogen) atoms. The van der Waals surface area contributed by atoms with E-state index in [1.807, 2.05) is 47.0 Å². The van der Waals surface area contributed by atoms with E-state index in [0.29, 0.717) is 24.7 Å². The predicted molar refractivity (Wildman–Crippen MR) is 475 cm³/mol. The minimum atomic E-state index is -1.53. The van der Waals surface area contributed by atoms with Gasteiger partial charge in [-0.25, -0.2) is 36.3 Å². The van der Waals surface area contributed by atoms with Crippen LogP contribution in [0.15, 0.2) is 47.2 Å². The summed E-state index contributed by atoms with van der Waals surface area (Å²) in [5.41, 5.74) is 2.49. The molecule has 0 saturated heterocycles. The molecule has 0 aliphatic rings.